The van der Waals surface area contributed by atoms with Crippen LogP contribution in [0, 0.1) is 5.41 Å². The van der Waals surface area contributed by atoms with E-state index in [0.717, 1.165) is 12.3 Å². The van der Waals surface area contributed by atoms with Crippen LogP contribution in [0.3, 0.4) is 0 Å². The number of aliphatic carboxylic acids is 1. The first-order valence-electron chi connectivity index (χ1n) is 6.31. The van der Waals surface area contributed by atoms with Crippen LogP contribution in [0.4, 0.5) is 19.1 Å². The molecule has 2 N–H and O–H groups in total. The highest BCUT2D eigenvalue weighted by Crippen LogP contribution is 2.27. The van der Waals surface area contributed by atoms with E-state index in [4.69, 9.17) is 5.11 Å². The van der Waals surface area contributed by atoms with Crippen molar-refractivity contribution in [2.75, 3.05) is 11.9 Å². The third-order valence-electron chi connectivity index (χ3n) is 2.03. The van der Waals surface area contributed by atoms with Crippen LogP contribution in [0.1, 0.15) is 39.8 Å². The predicted octanol–water partition coefficient (Wildman–Crippen LogP) is 3.43. The normalized spacial score (nSPS) is 11.4. The third-order valence-corrected chi connectivity index (χ3v) is 2.03. The van der Waals surface area contributed by atoms with Gasteiger partial charge in [-0.15, -0.1) is 0 Å². The first kappa shape index (κ1) is 19.1. The molecule has 0 aromatic carbocycles. The molecular formula is C13H20F3N3O2. The summed E-state index contributed by atoms with van der Waals surface area (Å²) in [6.07, 6.45) is -3.11. The maximum absolute atomic E-state index is 12.3. The van der Waals surface area contributed by atoms with Crippen LogP contribution >= 0.6 is 0 Å². The van der Waals surface area contributed by atoms with Crippen molar-refractivity contribution in [2.24, 2.45) is 5.41 Å². The quantitative estimate of drug-likeness (QED) is 0.894. The number of carboxylic acids is 1. The maximum Gasteiger partial charge on any atom is 0.433 e. The summed E-state index contributed by atoms with van der Waals surface area (Å²) in [5, 5.41) is 10.5. The Morgan fingerprint density at radius 3 is 2.24 bits per heavy atom. The Morgan fingerprint density at radius 2 is 1.86 bits per heavy atom. The topological polar surface area (TPSA) is 75.1 Å². The van der Waals surface area contributed by atoms with Gasteiger partial charge in [0.05, 0.1) is 0 Å². The van der Waals surface area contributed by atoms with E-state index in [1.54, 1.807) is 6.92 Å². The van der Waals surface area contributed by atoms with Crippen LogP contribution in [0.2, 0.25) is 0 Å². The molecule has 0 spiro atoms. The molecule has 0 bridgehead atoms. The van der Waals surface area contributed by atoms with E-state index >= 15 is 0 Å². The summed E-state index contributed by atoms with van der Waals surface area (Å²) < 4.78 is 37.0. The maximum atomic E-state index is 12.3. The van der Waals surface area contributed by atoms with Crippen LogP contribution in [-0.4, -0.2) is 27.6 Å². The summed E-state index contributed by atoms with van der Waals surface area (Å²) >= 11 is 0. The van der Waals surface area contributed by atoms with Gasteiger partial charge < -0.3 is 10.4 Å². The molecule has 0 saturated heterocycles. The molecule has 21 heavy (non-hydrogen) atoms. The van der Waals surface area contributed by atoms with Crippen molar-refractivity contribution in [2.45, 2.75) is 40.3 Å². The standard InChI is InChI=1S/C10H14F3N3.C3H6O2/c1-9(2,3)6-15-8-14-5-4-7(16-8)10(11,12)13;1-2-3(4)5/h4-5H,6H2,1-3H3,(H,14,15,16);2H2,1H3,(H,4,5). The smallest absolute Gasteiger partial charge is 0.433 e. The highest BCUT2D eigenvalue weighted by molar-refractivity contribution is 5.66. The first-order chi connectivity index (χ1) is 9.45. The number of hydrogen-bond donors (Lipinski definition) is 2. The molecule has 1 heterocycles. The summed E-state index contributed by atoms with van der Waals surface area (Å²) in [5.41, 5.74) is -0.976. The van der Waals surface area contributed by atoms with E-state index in [2.05, 4.69) is 15.3 Å². The third kappa shape index (κ3) is 9.64. The molecular weight excluding hydrogens is 287 g/mol. The predicted molar refractivity (Wildman–Crippen MR) is 72.9 cm³/mol. The van der Waals surface area contributed by atoms with Gasteiger partial charge in [0, 0.05) is 19.2 Å². The molecule has 0 aliphatic carbocycles. The lowest BCUT2D eigenvalue weighted by Gasteiger charge is -2.18. The summed E-state index contributed by atoms with van der Waals surface area (Å²) in [4.78, 5) is 16.5. The lowest BCUT2D eigenvalue weighted by Crippen LogP contribution is -2.21. The van der Waals surface area contributed by atoms with Crippen molar-refractivity contribution in [1.82, 2.24) is 9.97 Å². The van der Waals surface area contributed by atoms with E-state index < -0.39 is 17.8 Å². The Balaban J connectivity index is 0.000000690. The molecule has 1 aromatic rings. The van der Waals surface area contributed by atoms with Gasteiger partial charge in [-0.3, -0.25) is 4.79 Å². The molecule has 0 aliphatic heterocycles. The number of anilines is 1. The first-order valence-corrected chi connectivity index (χ1v) is 6.31. The number of rotatable bonds is 3. The minimum Gasteiger partial charge on any atom is -0.481 e. The van der Waals surface area contributed by atoms with Crippen LogP contribution in [0.15, 0.2) is 12.3 Å². The van der Waals surface area contributed by atoms with Crippen LogP contribution < -0.4 is 5.32 Å². The fraction of sp³-hybridized carbons (Fsp3) is 0.615. The molecule has 0 saturated carbocycles. The van der Waals surface area contributed by atoms with Gasteiger partial charge in [0.2, 0.25) is 5.95 Å². The van der Waals surface area contributed by atoms with Gasteiger partial charge in [0.15, 0.2) is 0 Å². The van der Waals surface area contributed by atoms with Gasteiger partial charge in [-0.1, -0.05) is 27.7 Å². The molecule has 0 fully saturated rings. The Morgan fingerprint density at radius 1 is 1.33 bits per heavy atom. The van der Waals surface area contributed by atoms with Crippen LogP contribution in [-0.2, 0) is 11.0 Å². The SMILES string of the molecule is CC(C)(C)CNc1nccc(C(F)(F)F)n1.CCC(=O)O. The number of alkyl halides is 3. The minimum atomic E-state index is -4.43. The van der Waals surface area contributed by atoms with Crippen LogP contribution in [0.25, 0.3) is 0 Å². The number of nitrogens with one attached hydrogen (secondary N) is 1. The van der Waals surface area contributed by atoms with E-state index in [9.17, 15) is 18.0 Å². The van der Waals surface area contributed by atoms with E-state index in [1.165, 1.54) is 0 Å². The molecule has 0 amide bonds. The Labute approximate surface area is 121 Å². The fourth-order valence-corrected chi connectivity index (χ4v) is 0.946. The number of carbonyl (C=O) groups is 1. The van der Waals surface area contributed by atoms with Gasteiger partial charge in [0.25, 0.3) is 0 Å². The van der Waals surface area contributed by atoms with Gasteiger partial charge in [-0.05, 0) is 11.5 Å². The molecule has 1 aromatic heterocycles. The number of carboxylic acid groups (broad SMARTS) is 1. The van der Waals surface area contributed by atoms with Crippen molar-refractivity contribution >= 4 is 11.9 Å². The van der Waals surface area contributed by atoms with E-state index in [0.29, 0.717) is 6.54 Å². The summed E-state index contributed by atoms with van der Waals surface area (Å²) in [7, 11) is 0. The lowest BCUT2D eigenvalue weighted by molar-refractivity contribution is -0.141. The van der Waals surface area contributed by atoms with Crippen molar-refractivity contribution in [3.63, 3.8) is 0 Å². The van der Waals surface area contributed by atoms with Crippen molar-refractivity contribution in [3.8, 4) is 0 Å². The zero-order valence-electron chi connectivity index (χ0n) is 12.5. The minimum absolute atomic E-state index is 0.00440. The molecule has 0 unspecified atom stereocenters. The Hall–Kier alpha value is -1.86. The average Bonchev–Trinajstić information content (AvgIpc) is 2.35. The Kier molecular flexibility index (Phi) is 7.11. The largest absolute Gasteiger partial charge is 0.481 e. The lowest BCUT2D eigenvalue weighted by atomic mass is 9.97. The monoisotopic (exact) mass is 307 g/mol. The zero-order valence-corrected chi connectivity index (χ0v) is 12.5. The van der Waals surface area contributed by atoms with Crippen LogP contribution in [0.5, 0.6) is 0 Å². The fourth-order valence-electron chi connectivity index (χ4n) is 0.946. The van der Waals surface area contributed by atoms with E-state index in [-0.39, 0.29) is 17.8 Å². The molecule has 0 aliphatic rings. The van der Waals surface area contributed by atoms with E-state index in [1.807, 2.05) is 20.8 Å². The summed E-state index contributed by atoms with van der Waals surface area (Å²) in [5.74, 6) is -0.741. The number of hydrogen-bond acceptors (Lipinski definition) is 4. The van der Waals surface area contributed by atoms with Gasteiger partial charge in [0.1, 0.15) is 5.69 Å². The van der Waals surface area contributed by atoms with Gasteiger partial charge in [-0.25, -0.2) is 9.97 Å². The van der Waals surface area contributed by atoms with Crippen molar-refractivity contribution in [3.05, 3.63) is 18.0 Å². The second kappa shape index (κ2) is 7.80. The highest BCUT2D eigenvalue weighted by atomic mass is 19.4. The van der Waals surface area contributed by atoms with Gasteiger partial charge >= 0.3 is 12.1 Å². The second-order valence-corrected chi connectivity index (χ2v) is 5.42. The second-order valence-electron chi connectivity index (χ2n) is 5.42. The average molecular weight is 307 g/mol. The number of nitrogens with zero attached hydrogens (tertiary/aromatic N) is 2. The summed E-state index contributed by atoms with van der Waals surface area (Å²) in [6.45, 7) is 8.01. The number of halogens is 3. The molecule has 0 atom stereocenters. The molecule has 120 valence electrons. The van der Waals surface area contributed by atoms with Gasteiger partial charge in [-0.2, -0.15) is 13.2 Å². The molecule has 1 rings (SSSR count). The zero-order chi connectivity index (χ0) is 16.7. The molecule has 8 heteroatoms. The molecule has 0 radical (unpaired) electrons. The number of aromatic nitrogens is 2. The van der Waals surface area contributed by atoms with Crippen molar-refractivity contribution in [1.29, 1.82) is 0 Å². The van der Waals surface area contributed by atoms with Crippen molar-refractivity contribution < 1.29 is 23.1 Å². The highest BCUT2D eigenvalue weighted by Gasteiger charge is 2.32. The molecule has 5 nitrogen and oxygen atoms in total. The summed E-state index contributed by atoms with van der Waals surface area (Å²) in [6, 6.07) is 0.849. The Bertz CT molecular complexity index is 457.